The van der Waals surface area contributed by atoms with Crippen LogP contribution in [0.2, 0.25) is 0 Å². The zero-order chi connectivity index (χ0) is 14.4. The van der Waals surface area contributed by atoms with Crippen LogP contribution in [0.3, 0.4) is 0 Å². The number of aryl methyl sites for hydroxylation is 1. The van der Waals surface area contributed by atoms with Gasteiger partial charge >= 0.3 is 0 Å². The maximum absolute atomic E-state index is 11.9. The molecule has 2 rings (SSSR count). The number of carbonyl (C=O) groups excluding carboxylic acids is 1. The third kappa shape index (κ3) is 3.71. The molecule has 1 aromatic heterocycles. The summed E-state index contributed by atoms with van der Waals surface area (Å²) in [4.78, 5) is 16.0. The van der Waals surface area contributed by atoms with Gasteiger partial charge < -0.3 is 14.8 Å². The van der Waals surface area contributed by atoms with E-state index in [4.69, 9.17) is 9.47 Å². The molecule has 0 saturated heterocycles. The van der Waals surface area contributed by atoms with Crippen LogP contribution in [0, 0.1) is 0 Å². The van der Waals surface area contributed by atoms with Crippen LogP contribution in [0.15, 0.2) is 29.1 Å². The number of carbonyl (C=O) groups is 1. The number of benzene rings is 1. The van der Waals surface area contributed by atoms with Crippen LogP contribution in [-0.4, -0.2) is 25.1 Å². The molecule has 0 aliphatic heterocycles. The van der Waals surface area contributed by atoms with Crippen molar-refractivity contribution in [3.8, 4) is 11.5 Å². The Balaban J connectivity index is 1.93. The fourth-order valence-corrected chi connectivity index (χ4v) is 2.33. The zero-order valence-electron chi connectivity index (χ0n) is 11.4. The maximum Gasteiger partial charge on any atom is 0.224 e. The summed E-state index contributed by atoms with van der Waals surface area (Å²) >= 11 is 1.53. The third-order valence-electron chi connectivity index (χ3n) is 2.76. The number of methoxy groups -OCH3 is 2. The van der Waals surface area contributed by atoms with Gasteiger partial charge in [0.15, 0.2) is 11.5 Å². The van der Waals surface area contributed by atoms with E-state index in [0.717, 1.165) is 5.69 Å². The number of rotatable bonds is 6. The molecule has 1 amide bonds. The van der Waals surface area contributed by atoms with Gasteiger partial charge in [0, 0.05) is 23.6 Å². The molecular formula is C14H16N2O3S. The van der Waals surface area contributed by atoms with Crippen LogP contribution in [0.4, 0.5) is 5.69 Å². The summed E-state index contributed by atoms with van der Waals surface area (Å²) in [5.41, 5.74) is 3.39. The molecule has 0 bridgehead atoms. The molecule has 106 valence electrons. The van der Waals surface area contributed by atoms with Crippen LogP contribution in [-0.2, 0) is 11.2 Å². The Hall–Kier alpha value is -2.08. The van der Waals surface area contributed by atoms with Crippen molar-refractivity contribution in [3.63, 3.8) is 0 Å². The lowest BCUT2D eigenvalue weighted by molar-refractivity contribution is -0.116. The lowest BCUT2D eigenvalue weighted by atomic mass is 10.2. The lowest BCUT2D eigenvalue weighted by Crippen LogP contribution is -2.12. The van der Waals surface area contributed by atoms with E-state index in [2.05, 4.69) is 10.3 Å². The Morgan fingerprint density at radius 1 is 1.30 bits per heavy atom. The minimum absolute atomic E-state index is 0.0507. The number of hydrogen-bond donors (Lipinski definition) is 1. The molecule has 0 aliphatic carbocycles. The molecule has 0 unspecified atom stereocenters. The topological polar surface area (TPSA) is 60.5 Å². The first-order valence-corrected chi connectivity index (χ1v) is 7.06. The highest BCUT2D eigenvalue weighted by Gasteiger charge is 2.08. The van der Waals surface area contributed by atoms with E-state index in [1.165, 1.54) is 11.3 Å². The van der Waals surface area contributed by atoms with Gasteiger partial charge in [0.2, 0.25) is 5.91 Å². The van der Waals surface area contributed by atoms with Crippen molar-refractivity contribution in [3.05, 3.63) is 34.8 Å². The molecule has 0 saturated carbocycles. The van der Waals surface area contributed by atoms with Gasteiger partial charge in [0.1, 0.15) is 0 Å². The van der Waals surface area contributed by atoms with Crippen molar-refractivity contribution in [1.29, 1.82) is 0 Å². The van der Waals surface area contributed by atoms with Crippen LogP contribution in [0.25, 0.3) is 0 Å². The highest BCUT2D eigenvalue weighted by Crippen LogP contribution is 2.29. The molecule has 1 N–H and O–H groups in total. The van der Waals surface area contributed by atoms with E-state index >= 15 is 0 Å². The number of anilines is 1. The molecule has 0 fully saturated rings. The minimum atomic E-state index is -0.0507. The fraction of sp³-hybridized carbons (Fsp3) is 0.286. The Morgan fingerprint density at radius 2 is 2.10 bits per heavy atom. The number of aromatic nitrogens is 1. The average molecular weight is 292 g/mol. The summed E-state index contributed by atoms with van der Waals surface area (Å²) in [6.07, 6.45) is 1.04. The van der Waals surface area contributed by atoms with Gasteiger partial charge in [-0.3, -0.25) is 4.79 Å². The Bertz CT molecular complexity index is 570. The summed E-state index contributed by atoms with van der Waals surface area (Å²) in [6.45, 7) is 0. The second-order valence-electron chi connectivity index (χ2n) is 4.10. The van der Waals surface area contributed by atoms with Crippen molar-refractivity contribution >= 4 is 22.9 Å². The van der Waals surface area contributed by atoms with E-state index in [1.807, 2.05) is 5.38 Å². The molecule has 0 aliphatic rings. The van der Waals surface area contributed by atoms with Gasteiger partial charge in [-0.25, -0.2) is 4.98 Å². The van der Waals surface area contributed by atoms with Crippen LogP contribution < -0.4 is 14.8 Å². The standard InChI is InChI=1S/C14H16N2O3S/c1-18-12-5-3-10(7-13(12)19-2)16-14(17)6-4-11-8-20-9-15-11/h3,5,7-9H,4,6H2,1-2H3,(H,16,17). The Morgan fingerprint density at radius 3 is 2.75 bits per heavy atom. The predicted molar refractivity (Wildman–Crippen MR) is 78.6 cm³/mol. The molecule has 1 aromatic carbocycles. The first-order chi connectivity index (χ1) is 9.72. The fourth-order valence-electron chi connectivity index (χ4n) is 1.74. The first-order valence-electron chi connectivity index (χ1n) is 6.12. The van der Waals surface area contributed by atoms with E-state index in [0.29, 0.717) is 30.0 Å². The van der Waals surface area contributed by atoms with Gasteiger partial charge in [0.25, 0.3) is 0 Å². The highest BCUT2D eigenvalue weighted by molar-refractivity contribution is 7.07. The molecule has 20 heavy (non-hydrogen) atoms. The van der Waals surface area contributed by atoms with Gasteiger partial charge in [-0.2, -0.15) is 0 Å². The van der Waals surface area contributed by atoms with Crippen molar-refractivity contribution in [2.24, 2.45) is 0 Å². The van der Waals surface area contributed by atoms with Crippen molar-refractivity contribution < 1.29 is 14.3 Å². The molecular weight excluding hydrogens is 276 g/mol. The second-order valence-corrected chi connectivity index (χ2v) is 4.82. The highest BCUT2D eigenvalue weighted by atomic mass is 32.1. The van der Waals surface area contributed by atoms with Crippen LogP contribution >= 0.6 is 11.3 Å². The van der Waals surface area contributed by atoms with Crippen molar-refractivity contribution in [2.75, 3.05) is 19.5 Å². The molecule has 0 radical (unpaired) electrons. The van der Waals surface area contributed by atoms with E-state index in [1.54, 1.807) is 37.9 Å². The maximum atomic E-state index is 11.9. The first kappa shape index (κ1) is 14.3. The van der Waals surface area contributed by atoms with E-state index < -0.39 is 0 Å². The third-order valence-corrected chi connectivity index (χ3v) is 3.39. The summed E-state index contributed by atoms with van der Waals surface area (Å²) in [7, 11) is 3.13. The quantitative estimate of drug-likeness (QED) is 0.889. The number of ether oxygens (including phenoxy) is 2. The molecule has 0 atom stereocenters. The molecule has 2 aromatic rings. The largest absolute Gasteiger partial charge is 0.493 e. The summed E-state index contributed by atoms with van der Waals surface area (Å²) < 4.78 is 10.3. The van der Waals surface area contributed by atoms with Gasteiger partial charge in [0.05, 0.1) is 25.4 Å². The minimum Gasteiger partial charge on any atom is -0.493 e. The Kier molecular flexibility index (Phi) is 4.95. The van der Waals surface area contributed by atoms with Crippen LogP contribution in [0.1, 0.15) is 12.1 Å². The van der Waals surface area contributed by atoms with Gasteiger partial charge in [-0.1, -0.05) is 0 Å². The molecule has 5 nitrogen and oxygen atoms in total. The zero-order valence-corrected chi connectivity index (χ0v) is 12.2. The smallest absolute Gasteiger partial charge is 0.224 e. The number of hydrogen-bond acceptors (Lipinski definition) is 5. The second kappa shape index (κ2) is 6.91. The monoisotopic (exact) mass is 292 g/mol. The molecule has 6 heteroatoms. The number of thiazole rings is 1. The summed E-state index contributed by atoms with van der Waals surface area (Å²) in [5, 5.41) is 4.78. The van der Waals surface area contributed by atoms with E-state index in [9.17, 15) is 4.79 Å². The van der Waals surface area contributed by atoms with E-state index in [-0.39, 0.29) is 5.91 Å². The number of nitrogens with zero attached hydrogens (tertiary/aromatic N) is 1. The summed E-state index contributed by atoms with van der Waals surface area (Å²) in [5.74, 6) is 1.17. The normalized spacial score (nSPS) is 10.1. The predicted octanol–water partition coefficient (Wildman–Crippen LogP) is 2.73. The van der Waals surface area contributed by atoms with Crippen molar-refractivity contribution in [1.82, 2.24) is 4.98 Å². The van der Waals surface area contributed by atoms with Gasteiger partial charge in [-0.05, 0) is 18.6 Å². The number of amides is 1. The lowest BCUT2D eigenvalue weighted by Gasteiger charge is -2.10. The Labute approximate surface area is 121 Å². The van der Waals surface area contributed by atoms with Gasteiger partial charge in [-0.15, -0.1) is 11.3 Å². The summed E-state index contributed by atoms with van der Waals surface area (Å²) in [6, 6.07) is 5.27. The average Bonchev–Trinajstić information content (AvgIpc) is 2.98. The molecule has 1 heterocycles. The van der Waals surface area contributed by atoms with Crippen molar-refractivity contribution in [2.45, 2.75) is 12.8 Å². The number of nitrogens with one attached hydrogen (secondary N) is 1. The van der Waals surface area contributed by atoms with Crippen LogP contribution in [0.5, 0.6) is 11.5 Å². The SMILES string of the molecule is COc1ccc(NC(=O)CCc2cscn2)cc1OC. The molecule has 0 spiro atoms.